The van der Waals surface area contributed by atoms with E-state index in [1.54, 1.807) is 18.3 Å². The minimum atomic E-state index is -1.01. The van der Waals surface area contributed by atoms with Crippen LogP contribution in [0.4, 0.5) is 0 Å². The standard InChI is InChI=1S/C8H9BrN2O2/c9-5-1-2-6(11-4-5)3-7(10)8(12)13/h1-2,4,7H,3,10H2,(H,12,13)/t7-/m0/s1. The molecule has 0 aliphatic carbocycles. The van der Waals surface area contributed by atoms with Crippen LogP contribution in [0.3, 0.4) is 0 Å². The maximum absolute atomic E-state index is 10.4. The van der Waals surface area contributed by atoms with Crippen LogP contribution in [0.2, 0.25) is 0 Å². The van der Waals surface area contributed by atoms with Crippen LogP contribution in [-0.2, 0) is 11.2 Å². The first kappa shape index (κ1) is 10.1. The zero-order valence-electron chi connectivity index (χ0n) is 6.77. The van der Waals surface area contributed by atoms with Crippen LogP contribution in [-0.4, -0.2) is 22.1 Å². The molecule has 0 spiro atoms. The van der Waals surface area contributed by atoms with Crippen molar-refractivity contribution in [3.63, 3.8) is 0 Å². The fourth-order valence-electron chi connectivity index (χ4n) is 0.840. The zero-order chi connectivity index (χ0) is 9.84. The number of rotatable bonds is 3. The average molecular weight is 245 g/mol. The molecule has 0 fully saturated rings. The molecule has 0 aromatic carbocycles. The summed E-state index contributed by atoms with van der Waals surface area (Å²) in [5.41, 5.74) is 6.01. The van der Waals surface area contributed by atoms with Crippen molar-refractivity contribution in [2.75, 3.05) is 0 Å². The monoisotopic (exact) mass is 244 g/mol. The van der Waals surface area contributed by atoms with Crippen LogP contribution in [0, 0.1) is 0 Å². The van der Waals surface area contributed by atoms with Gasteiger partial charge in [0.15, 0.2) is 0 Å². The predicted octanol–water partition coefficient (Wildman–Crippen LogP) is 0.798. The van der Waals surface area contributed by atoms with Crippen LogP contribution >= 0.6 is 15.9 Å². The van der Waals surface area contributed by atoms with Gasteiger partial charge in [0.1, 0.15) is 6.04 Å². The summed E-state index contributed by atoms with van der Waals surface area (Å²) >= 11 is 3.23. The van der Waals surface area contributed by atoms with Crippen molar-refractivity contribution < 1.29 is 9.90 Å². The number of carboxylic acid groups (broad SMARTS) is 1. The lowest BCUT2D eigenvalue weighted by Crippen LogP contribution is -2.32. The summed E-state index contributed by atoms with van der Waals surface area (Å²) in [6.07, 6.45) is 1.87. The summed E-state index contributed by atoms with van der Waals surface area (Å²) in [6.45, 7) is 0. The highest BCUT2D eigenvalue weighted by Gasteiger charge is 2.12. The summed E-state index contributed by atoms with van der Waals surface area (Å²) in [7, 11) is 0. The van der Waals surface area contributed by atoms with E-state index in [2.05, 4.69) is 20.9 Å². The van der Waals surface area contributed by atoms with Crippen LogP contribution in [0.1, 0.15) is 5.69 Å². The Kier molecular flexibility index (Phi) is 3.39. The number of nitrogens with two attached hydrogens (primary N) is 1. The molecule has 13 heavy (non-hydrogen) atoms. The van der Waals surface area contributed by atoms with E-state index in [0.29, 0.717) is 5.69 Å². The summed E-state index contributed by atoms with van der Waals surface area (Å²) in [6, 6.07) is 2.66. The zero-order valence-corrected chi connectivity index (χ0v) is 8.36. The lowest BCUT2D eigenvalue weighted by atomic mass is 10.1. The highest BCUT2D eigenvalue weighted by molar-refractivity contribution is 9.10. The van der Waals surface area contributed by atoms with Gasteiger partial charge in [-0.05, 0) is 28.1 Å². The molecule has 5 heteroatoms. The average Bonchev–Trinajstić information content (AvgIpc) is 2.08. The number of aliphatic carboxylic acids is 1. The lowest BCUT2D eigenvalue weighted by Gasteiger charge is -2.04. The number of hydrogen-bond donors (Lipinski definition) is 2. The summed E-state index contributed by atoms with van der Waals surface area (Å²) in [4.78, 5) is 14.4. The number of hydrogen-bond acceptors (Lipinski definition) is 3. The van der Waals surface area contributed by atoms with Crippen LogP contribution in [0.25, 0.3) is 0 Å². The van der Waals surface area contributed by atoms with Crippen molar-refractivity contribution in [2.24, 2.45) is 5.73 Å². The molecule has 1 aromatic heterocycles. The van der Waals surface area contributed by atoms with Gasteiger partial charge < -0.3 is 10.8 Å². The van der Waals surface area contributed by atoms with E-state index in [4.69, 9.17) is 10.8 Å². The fourth-order valence-corrected chi connectivity index (χ4v) is 1.07. The third kappa shape index (κ3) is 3.12. The number of halogens is 1. The van der Waals surface area contributed by atoms with E-state index >= 15 is 0 Å². The minimum Gasteiger partial charge on any atom is -0.480 e. The predicted molar refractivity (Wildman–Crippen MR) is 51.3 cm³/mol. The number of pyridine rings is 1. The Labute approximate surface area is 83.9 Å². The van der Waals surface area contributed by atoms with Gasteiger partial charge in [-0.2, -0.15) is 0 Å². The van der Waals surface area contributed by atoms with Crippen LogP contribution in [0.15, 0.2) is 22.8 Å². The third-order valence-corrected chi connectivity index (χ3v) is 2.00. The van der Waals surface area contributed by atoms with Gasteiger partial charge in [0, 0.05) is 22.8 Å². The molecular weight excluding hydrogens is 236 g/mol. The second-order valence-corrected chi connectivity index (χ2v) is 3.53. The van der Waals surface area contributed by atoms with Gasteiger partial charge in [0.25, 0.3) is 0 Å². The lowest BCUT2D eigenvalue weighted by molar-refractivity contribution is -0.138. The molecule has 1 aromatic rings. The fraction of sp³-hybridized carbons (Fsp3) is 0.250. The molecule has 1 heterocycles. The van der Waals surface area contributed by atoms with Crippen molar-refractivity contribution in [3.8, 4) is 0 Å². The summed E-state index contributed by atoms with van der Waals surface area (Å²) in [5.74, 6) is -1.01. The van der Waals surface area contributed by atoms with Crippen molar-refractivity contribution >= 4 is 21.9 Å². The molecule has 0 radical (unpaired) electrons. The normalized spacial score (nSPS) is 12.5. The molecule has 70 valence electrons. The molecule has 1 atom stereocenters. The van der Waals surface area contributed by atoms with Gasteiger partial charge >= 0.3 is 5.97 Å². The van der Waals surface area contributed by atoms with Crippen LogP contribution in [0.5, 0.6) is 0 Å². The molecule has 0 saturated carbocycles. The van der Waals surface area contributed by atoms with Crippen molar-refractivity contribution in [3.05, 3.63) is 28.5 Å². The van der Waals surface area contributed by atoms with Crippen LogP contribution < -0.4 is 5.73 Å². The number of carbonyl (C=O) groups is 1. The van der Waals surface area contributed by atoms with E-state index < -0.39 is 12.0 Å². The molecule has 0 bridgehead atoms. The Balaban J connectivity index is 2.64. The molecule has 0 aliphatic heterocycles. The smallest absolute Gasteiger partial charge is 0.320 e. The molecule has 1 rings (SSSR count). The Morgan fingerprint density at radius 1 is 1.69 bits per heavy atom. The summed E-state index contributed by atoms with van der Waals surface area (Å²) < 4.78 is 0.861. The first-order chi connectivity index (χ1) is 6.09. The Hall–Kier alpha value is -0.940. The molecular formula is C8H9BrN2O2. The Morgan fingerprint density at radius 2 is 2.38 bits per heavy atom. The van der Waals surface area contributed by atoms with Crippen molar-refractivity contribution in [1.29, 1.82) is 0 Å². The van der Waals surface area contributed by atoms with E-state index in [-0.39, 0.29) is 6.42 Å². The highest BCUT2D eigenvalue weighted by Crippen LogP contribution is 2.08. The van der Waals surface area contributed by atoms with Crippen molar-refractivity contribution in [1.82, 2.24) is 4.98 Å². The van der Waals surface area contributed by atoms with Gasteiger partial charge in [-0.15, -0.1) is 0 Å². The summed E-state index contributed by atoms with van der Waals surface area (Å²) in [5, 5.41) is 8.54. The molecule has 3 N–H and O–H groups in total. The Bertz CT molecular complexity index is 300. The van der Waals surface area contributed by atoms with E-state index in [1.807, 2.05) is 0 Å². The first-order valence-corrected chi connectivity index (χ1v) is 4.47. The SMILES string of the molecule is N[C@@H](Cc1ccc(Br)cn1)C(=O)O. The number of carboxylic acids is 1. The maximum Gasteiger partial charge on any atom is 0.320 e. The second-order valence-electron chi connectivity index (χ2n) is 2.62. The topological polar surface area (TPSA) is 76.2 Å². The third-order valence-electron chi connectivity index (χ3n) is 1.53. The molecule has 0 saturated heterocycles. The van der Waals surface area contributed by atoms with Crippen molar-refractivity contribution in [2.45, 2.75) is 12.5 Å². The maximum atomic E-state index is 10.4. The minimum absolute atomic E-state index is 0.253. The second kappa shape index (κ2) is 4.34. The molecule has 0 unspecified atom stereocenters. The van der Waals surface area contributed by atoms with E-state index in [1.165, 1.54) is 0 Å². The van der Waals surface area contributed by atoms with Gasteiger partial charge in [0.2, 0.25) is 0 Å². The quantitative estimate of drug-likeness (QED) is 0.825. The molecule has 0 amide bonds. The van der Waals surface area contributed by atoms with E-state index in [9.17, 15) is 4.79 Å². The van der Waals surface area contributed by atoms with Gasteiger partial charge in [-0.3, -0.25) is 9.78 Å². The molecule has 0 aliphatic rings. The van der Waals surface area contributed by atoms with Gasteiger partial charge in [-0.25, -0.2) is 0 Å². The van der Waals surface area contributed by atoms with Gasteiger partial charge in [-0.1, -0.05) is 0 Å². The number of aromatic nitrogens is 1. The van der Waals surface area contributed by atoms with E-state index in [0.717, 1.165) is 4.47 Å². The number of nitrogens with zero attached hydrogens (tertiary/aromatic N) is 1. The first-order valence-electron chi connectivity index (χ1n) is 3.68. The van der Waals surface area contributed by atoms with Gasteiger partial charge in [0.05, 0.1) is 0 Å². The Morgan fingerprint density at radius 3 is 2.85 bits per heavy atom. The highest BCUT2D eigenvalue weighted by atomic mass is 79.9. The largest absolute Gasteiger partial charge is 0.480 e. The molecule has 4 nitrogen and oxygen atoms in total.